The molecule has 124 valence electrons. The van der Waals surface area contributed by atoms with Gasteiger partial charge in [0.15, 0.2) is 0 Å². The van der Waals surface area contributed by atoms with Crippen LogP contribution in [0.1, 0.15) is 13.8 Å². The number of nitrogens with zero attached hydrogens (tertiary/aromatic N) is 2. The summed E-state index contributed by atoms with van der Waals surface area (Å²) in [5.74, 6) is 0.415. The molecule has 0 aliphatic rings. The third-order valence-electron chi connectivity index (χ3n) is 3.13. The lowest BCUT2D eigenvalue weighted by Gasteiger charge is -2.26. The number of likely N-dealkylation sites (N-methyl/N-ethyl adjacent to an activating group) is 1. The van der Waals surface area contributed by atoms with Crippen molar-refractivity contribution in [3.8, 4) is 0 Å². The maximum Gasteiger partial charge on any atom is 0.321 e. The zero-order valence-corrected chi connectivity index (χ0v) is 14.9. The molecular formula is C16H27N3O2S. The molecule has 0 aliphatic heterocycles. The number of benzene rings is 1. The Hall–Kier alpha value is -1.40. The molecule has 1 N–H and O–H groups in total. The fourth-order valence-electron chi connectivity index (χ4n) is 1.97. The van der Waals surface area contributed by atoms with Crippen molar-refractivity contribution < 1.29 is 9.00 Å². The Bertz CT molecular complexity index is 501. The summed E-state index contributed by atoms with van der Waals surface area (Å²) in [5.41, 5.74) is 0.720. The van der Waals surface area contributed by atoms with Crippen LogP contribution >= 0.6 is 0 Å². The molecule has 0 radical (unpaired) electrons. The standard InChI is InChI=1S/C16H27N3O2S/c1-13(2)12-19(11-10-18(3)4)16(20)17-14-6-8-15(9-7-14)22(5)21/h6-9,13H,10-12H2,1-5H3,(H,17,20)/t22-/m0/s1. The van der Waals surface area contributed by atoms with Gasteiger partial charge in [-0.25, -0.2) is 4.79 Å². The van der Waals surface area contributed by atoms with Gasteiger partial charge in [0.2, 0.25) is 0 Å². The van der Waals surface area contributed by atoms with Gasteiger partial charge in [-0.15, -0.1) is 0 Å². The van der Waals surface area contributed by atoms with Crippen LogP contribution in [-0.2, 0) is 10.8 Å². The minimum Gasteiger partial charge on any atom is -0.323 e. The molecule has 0 saturated carbocycles. The van der Waals surface area contributed by atoms with E-state index in [9.17, 15) is 9.00 Å². The van der Waals surface area contributed by atoms with E-state index in [0.717, 1.165) is 23.7 Å². The Balaban J connectivity index is 2.70. The third-order valence-corrected chi connectivity index (χ3v) is 4.06. The molecule has 0 fully saturated rings. The van der Waals surface area contributed by atoms with Gasteiger partial charge in [0.25, 0.3) is 0 Å². The highest BCUT2D eigenvalue weighted by Crippen LogP contribution is 2.13. The minimum absolute atomic E-state index is 0.0964. The number of anilines is 1. The van der Waals surface area contributed by atoms with E-state index in [1.54, 1.807) is 30.5 Å². The molecule has 1 aromatic carbocycles. The quantitative estimate of drug-likeness (QED) is 0.838. The highest BCUT2D eigenvalue weighted by Gasteiger charge is 2.15. The van der Waals surface area contributed by atoms with E-state index in [1.807, 2.05) is 19.0 Å². The number of urea groups is 1. The predicted octanol–water partition coefficient (Wildman–Crippen LogP) is 2.48. The van der Waals surface area contributed by atoms with Crippen LogP contribution in [0.5, 0.6) is 0 Å². The zero-order valence-electron chi connectivity index (χ0n) is 14.1. The number of nitrogens with one attached hydrogen (secondary N) is 1. The van der Waals surface area contributed by atoms with E-state index in [4.69, 9.17) is 0 Å². The highest BCUT2D eigenvalue weighted by molar-refractivity contribution is 7.84. The lowest BCUT2D eigenvalue weighted by molar-refractivity contribution is 0.197. The number of carbonyl (C=O) groups excluding carboxylic acids is 1. The maximum atomic E-state index is 12.4. The van der Waals surface area contributed by atoms with Crippen LogP contribution in [0.2, 0.25) is 0 Å². The van der Waals surface area contributed by atoms with Crippen LogP contribution in [-0.4, -0.2) is 60.0 Å². The summed E-state index contributed by atoms with van der Waals surface area (Å²) in [5, 5.41) is 2.91. The first-order valence-corrected chi connectivity index (χ1v) is 8.99. The molecule has 6 heteroatoms. The van der Waals surface area contributed by atoms with Gasteiger partial charge in [0.05, 0.1) is 0 Å². The van der Waals surface area contributed by atoms with Gasteiger partial charge in [-0.2, -0.15) is 0 Å². The van der Waals surface area contributed by atoms with E-state index in [-0.39, 0.29) is 6.03 Å². The number of amides is 2. The monoisotopic (exact) mass is 325 g/mol. The molecule has 5 nitrogen and oxygen atoms in total. The fraction of sp³-hybridized carbons (Fsp3) is 0.562. The average molecular weight is 325 g/mol. The van der Waals surface area contributed by atoms with E-state index < -0.39 is 10.8 Å². The Morgan fingerprint density at radius 1 is 1.18 bits per heavy atom. The van der Waals surface area contributed by atoms with Crippen LogP contribution < -0.4 is 5.32 Å². The highest BCUT2D eigenvalue weighted by atomic mass is 32.2. The Labute approximate surface area is 136 Å². The average Bonchev–Trinajstić information content (AvgIpc) is 2.43. The molecule has 0 aromatic heterocycles. The van der Waals surface area contributed by atoms with Gasteiger partial charge in [-0.05, 0) is 44.3 Å². The molecule has 0 saturated heterocycles. The molecule has 2 amide bonds. The van der Waals surface area contributed by atoms with Crippen molar-refractivity contribution in [2.75, 3.05) is 45.3 Å². The van der Waals surface area contributed by atoms with Crippen LogP contribution in [0.4, 0.5) is 10.5 Å². The largest absolute Gasteiger partial charge is 0.323 e. The van der Waals surface area contributed by atoms with Crippen LogP contribution in [0.3, 0.4) is 0 Å². The van der Waals surface area contributed by atoms with E-state index in [1.165, 1.54) is 0 Å². The second kappa shape index (κ2) is 8.90. The van der Waals surface area contributed by atoms with Crippen molar-refractivity contribution in [2.45, 2.75) is 18.7 Å². The molecule has 1 rings (SSSR count). The molecule has 0 unspecified atom stereocenters. The zero-order chi connectivity index (χ0) is 16.7. The summed E-state index contributed by atoms with van der Waals surface area (Å²) in [6.07, 6.45) is 1.64. The molecular weight excluding hydrogens is 298 g/mol. The lowest BCUT2D eigenvalue weighted by atomic mass is 10.2. The summed E-state index contributed by atoms with van der Waals surface area (Å²) in [6.45, 7) is 6.43. The summed E-state index contributed by atoms with van der Waals surface area (Å²) < 4.78 is 11.4. The van der Waals surface area contributed by atoms with Crippen molar-refractivity contribution >= 4 is 22.5 Å². The van der Waals surface area contributed by atoms with Crippen molar-refractivity contribution in [3.63, 3.8) is 0 Å². The Morgan fingerprint density at radius 2 is 1.77 bits per heavy atom. The summed E-state index contributed by atoms with van der Waals surface area (Å²) in [7, 11) is 2.99. The maximum absolute atomic E-state index is 12.4. The van der Waals surface area contributed by atoms with Gasteiger partial charge >= 0.3 is 6.03 Å². The molecule has 0 heterocycles. The third kappa shape index (κ3) is 6.58. The number of hydrogen-bond acceptors (Lipinski definition) is 3. The first kappa shape index (κ1) is 18.6. The Kier molecular flexibility index (Phi) is 7.55. The fourth-order valence-corrected chi connectivity index (χ4v) is 2.49. The number of hydrogen-bond donors (Lipinski definition) is 1. The summed E-state index contributed by atoms with van der Waals surface area (Å²) in [6, 6.07) is 7.03. The van der Waals surface area contributed by atoms with Crippen molar-refractivity contribution in [1.82, 2.24) is 9.80 Å². The van der Waals surface area contributed by atoms with Gasteiger partial charge < -0.3 is 15.1 Å². The predicted molar refractivity (Wildman–Crippen MR) is 92.8 cm³/mol. The van der Waals surface area contributed by atoms with Gasteiger partial charge in [0, 0.05) is 47.3 Å². The molecule has 0 spiro atoms. The topological polar surface area (TPSA) is 52.6 Å². The smallest absolute Gasteiger partial charge is 0.321 e. The van der Waals surface area contributed by atoms with Crippen LogP contribution in [0, 0.1) is 5.92 Å². The second-order valence-corrected chi connectivity index (χ2v) is 7.43. The van der Waals surface area contributed by atoms with Crippen molar-refractivity contribution in [2.24, 2.45) is 5.92 Å². The first-order chi connectivity index (χ1) is 10.3. The molecule has 0 bridgehead atoms. The second-order valence-electron chi connectivity index (χ2n) is 6.05. The first-order valence-electron chi connectivity index (χ1n) is 7.43. The minimum atomic E-state index is -1.00. The SMILES string of the molecule is CC(C)CN(CCN(C)C)C(=O)Nc1ccc([S@](C)=O)cc1. The normalized spacial score (nSPS) is 12.5. The van der Waals surface area contributed by atoms with Crippen molar-refractivity contribution in [1.29, 1.82) is 0 Å². The molecule has 0 aliphatic carbocycles. The summed E-state index contributed by atoms with van der Waals surface area (Å²) in [4.78, 5) is 17.1. The van der Waals surface area contributed by atoms with Gasteiger partial charge in [0.1, 0.15) is 0 Å². The van der Waals surface area contributed by atoms with Crippen LogP contribution in [0.25, 0.3) is 0 Å². The van der Waals surface area contributed by atoms with Gasteiger partial charge in [-0.1, -0.05) is 13.8 Å². The lowest BCUT2D eigenvalue weighted by Crippen LogP contribution is -2.41. The van der Waals surface area contributed by atoms with Gasteiger partial charge in [-0.3, -0.25) is 4.21 Å². The van der Waals surface area contributed by atoms with E-state index in [2.05, 4.69) is 24.1 Å². The summed E-state index contributed by atoms with van der Waals surface area (Å²) >= 11 is 0. The van der Waals surface area contributed by atoms with Crippen molar-refractivity contribution in [3.05, 3.63) is 24.3 Å². The number of carbonyl (C=O) groups is 1. The number of rotatable bonds is 7. The van der Waals surface area contributed by atoms with Crippen LogP contribution in [0.15, 0.2) is 29.2 Å². The van der Waals surface area contributed by atoms with E-state index in [0.29, 0.717) is 12.5 Å². The Morgan fingerprint density at radius 3 is 2.23 bits per heavy atom. The molecule has 1 atom stereocenters. The molecule has 22 heavy (non-hydrogen) atoms. The molecule has 1 aromatic rings. The van der Waals surface area contributed by atoms with E-state index >= 15 is 0 Å².